The number of hydrogen-bond donors (Lipinski definition) is 0. The van der Waals surface area contributed by atoms with Crippen molar-refractivity contribution < 1.29 is 31.2 Å². The minimum absolute atomic E-state index is 0.272. The van der Waals surface area contributed by atoms with Crippen LogP contribution in [0.5, 0.6) is 5.75 Å². The number of nitro groups is 1. The fraction of sp³-hybridized carbons (Fsp3) is 0.286. The van der Waals surface area contributed by atoms with Crippen LogP contribution in [-0.2, 0) is 9.05 Å². The molecule has 1 aromatic heterocycles. The fourth-order valence-electron chi connectivity index (χ4n) is 1.25. The lowest BCUT2D eigenvalue weighted by Crippen LogP contribution is -2.19. The van der Waals surface area contributed by atoms with Crippen LogP contribution in [0, 0.1) is 17.0 Å². The molecule has 1 aromatic rings. The van der Waals surface area contributed by atoms with Gasteiger partial charge < -0.3 is 14.9 Å². The third-order valence-corrected chi connectivity index (χ3v) is 3.30. The van der Waals surface area contributed by atoms with Gasteiger partial charge in [-0.2, -0.15) is 0 Å². The lowest BCUT2D eigenvalue weighted by Gasteiger charge is -2.11. The molecule has 106 valence electrons. The topological polar surface area (TPSA) is 99.4 Å². The van der Waals surface area contributed by atoms with Crippen molar-refractivity contribution in [2.45, 2.75) is 18.2 Å². The number of rotatable bonds is 3. The molecule has 7 nitrogen and oxygen atoms in total. The highest BCUT2D eigenvalue weighted by Gasteiger charge is 2.37. The zero-order valence-corrected chi connectivity index (χ0v) is 10.5. The van der Waals surface area contributed by atoms with Crippen molar-refractivity contribution in [3.63, 3.8) is 0 Å². The van der Waals surface area contributed by atoms with Crippen molar-refractivity contribution in [2.75, 3.05) is 0 Å². The number of hydrogen-bond acceptors (Lipinski definition) is 6. The van der Waals surface area contributed by atoms with Crippen LogP contribution >= 0.6 is 10.7 Å². The summed E-state index contributed by atoms with van der Waals surface area (Å²) in [4.78, 5) is 11.4. The number of alkyl halides is 3. The van der Waals surface area contributed by atoms with Gasteiger partial charge in [-0.3, -0.25) is 0 Å². The average molecular weight is 321 g/mol. The smallest absolute Gasteiger partial charge is 0.400 e. The second-order valence-electron chi connectivity index (χ2n) is 3.14. The van der Waals surface area contributed by atoms with Crippen LogP contribution < -0.4 is 4.74 Å². The lowest BCUT2D eigenvalue weighted by atomic mass is 10.3. The molecule has 0 radical (unpaired) electrons. The SMILES string of the molecule is Cc1c([N+](=O)[O-])ncc(OC(F)(F)F)c1S(=O)(=O)Cl. The highest BCUT2D eigenvalue weighted by Crippen LogP contribution is 2.36. The number of ether oxygens (including phenoxy) is 1. The summed E-state index contributed by atoms with van der Waals surface area (Å²) in [5.74, 6) is -2.17. The molecule has 0 atom stereocenters. The lowest BCUT2D eigenvalue weighted by molar-refractivity contribution is -0.390. The maximum atomic E-state index is 12.1. The molecule has 0 saturated heterocycles. The van der Waals surface area contributed by atoms with Crippen molar-refractivity contribution >= 4 is 25.6 Å². The molecule has 12 heteroatoms. The zero-order chi connectivity index (χ0) is 15.0. The minimum Gasteiger partial charge on any atom is -0.400 e. The van der Waals surface area contributed by atoms with Gasteiger partial charge >= 0.3 is 12.2 Å². The summed E-state index contributed by atoms with van der Waals surface area (Å²) < 4.78 is 62.1. The van der Waals surface area contributed by atoms with Crippen LogP contribution in [0.4, 0.5) is 19.0 Å². The Hall–Kier alpha value is -1.62. The molecule has 19 heavy (non-hydrogen) atoms. The van der Waals surface area contributed by atoms with E-state index < -0.39 is 42.4 Å². The summed E-state index contributed by atoms with van der Waals surface area (Å²) in [5, 5.41) is 10.5. The van der Waals surface area contributed by atoms with Gasteiger partial charge in [0.05, 0.1) is 5.56 Å². The maximum absolute atomic E-state index is 12.1. The van der Waals surface area contributed by atoms with Gasteiger partial charge in [-0.05, 0) is 16.8 Å². The van der Waals surface area contributed by atoms with Gasteiger partial charge in [0, 0.05) is 10.7 Å². The maximum Gasteiger partial charge on any atom is 0.573 e. The van der Waals surface area contributed by atoms with Crippen LogP contribution in [0.15, 0.2) is 11.1 Å². The number of halogens is 4. The van der Waals surface area contributed by atoms with Crippen LogP contribution in [0.3, 0.4) is 0 Å². The second kappa shape index (κ2) is 4.81. The highest BCUT2D eigenvalue weighted by molar-refractivity contribution is 8.13. The first-order valence-corrected chi connectivity index (χ1v) is 6.59. The highest BCUT2D eigenvalue weighted by atomic mass is 35.7. The molecular formula is C7H4ClF3N2O5S. The van der Waals surface area contributed by atoms with Crippen LogP contribution in [0.25, 0.3) is 0 Å². The van der Waals surface area contributed by atoms with Crippen molar-refractivity contribution in [1.29, 1.82) is 0 Å². The predicted molar refractivity (Wildman–Crippen MR) is 55.4 cm³/mol. The van der Waals surface area contributed by atoms with Crippen molar-refractivity contribution in [3.8, 4) is 5.75 Å². The molecule has 0 aliphatic heterocycles. The Kier molecular flexibility index (Phi) is 3.91. The normalized spacial score (nSPS) is 12.3. The Morgan fingerprint density at radius 3 is 2.37 bits per heavy atom. The van der Waals surface area contributed by atoms with E-state index in [1.54, 1.807) is 0 Å². The van der Waals surface area contributed by atoms with Gasteiger partial charge in [-0.15, -0.1) is 13.2 Å². The van der Waals surface area contributed by atoms with E-state index in [1.165, 1.54) is 0 Å². The molecule has 0 unspecified atom stereocenters. The predicted octanol–water partition coefficient (Wildman–Crippen LogP) is 2.12. The van der Waals surface area contributed by atoms with Gasteiger partial charge in [0.2, 0.25) is 0 Å². The van der Waals surface area contributed by atoms with E-state index in [0.717, 1.165) is 6.92 Å². The van der Waals surface area contributed by atoms with Gasteiger partial charge in [-0.1, -0.05) is 0 Å². The molecule has 1 rings (SSSR count). The van der Waals surface area contributed by atoms with E-state index in [1.807, 2.05) is 0 Å². The molecule has 0 spiro atoms. The molecule has 0 aliphatic carbocycles. The Morgan fingerprint density at radius 1 is 1.47 bits per heavy atom. The summed E-state index contributed by atoms with van der Waals surface area (Å²) in [5.41, 5.74) is -0.651. The Labute approximate surface area is 108 Å². The summed E-state index contributed by atoms with van der Waals surface area (Å²) in [6.45, 7) is 0.892. The van der Waals surface area contributed by atoms with E-state index in [9.17, 15) is 31.7 Å². The standard InChI is InChI=1S/C7H4ClF3N2O5S/c1-3-5(19(8,16)17)4(18-7(9,10)11)2-12-6(3)13(14)15/h2H,1H3. The van der Waals surface area contributed by atoms with E-state index >= 15 is 0 Å². The summed E-state index contributed by atoms with van der Waals surface area (Å²) >= 11 is 0. The van der Waals surface area contributed by atoms with Gasteiger partial charge in [0.1, 0.15) is 4.90 Å². The summed E-state index contributed by atoms with van der Waals surface area (Å²) in [6, 6.07) is 0. The molecular weight excluding hydrogens is 317 g/mol. The van der Waals surface area contributed by atoms with E-state index in [2.05, 4.69) is 9.72 Å². The zero-order valence-electron chi connectivity index (χ0n) is 8.93. The third kappa shape index (κ3) is 3.67. The molecule has 0 saturated carbocycles. The van der Waals surface area contributed by atoms with Crippen LogP contribution in [0.1, 0.15) is 5.56 Å². The van der Waals surface area contributed by atoms with Crippen molar-refractivity contribution in [2.24, 2.45) is 0 Å². The number of pyridine rings is 1. The van der Waals surface area contributed by atoms with E-state index in [-0.39, 0.29) is 6.20 Å². The van der Waals surface area contributed by atoms with Gasteiger partial charge in [-0.25, -0.2) is 8.42 Å². The van der Waals surface area contributed by atoms with Crippen molar-refractivity contribution in [3.05, 3.63) is 21.9 Å². The van der Waals surface area contributed by atoms with Gasteiger partial charge in [0.15, 0.2) is 11.9 Å². The minimum atomic E-state index is -5.19. The average Bonchev–Trinajstić information content (AvgIpc) is 2.11. The summed E-state index contributed by atoms with van der Waals surface area (Å²) in [7, 11) is 0.259. The Balaban J connectivity index is 3.59. The fourth-order valence-corrected chi connectivity index (χ4v) is 2.61. The number of nitrogens with zero attached hydrogens (tertiary/aromatic N) is 2. The first kappa shape index (κ1) is 15.4. The third-order valence-electron chi connectivity index (χ3n) is 1.85. The molecule has 0 N–H and O–H groups in total. The molecule has 0 amide bonds. The molecule has 0 fully saturated rings. The quantitative estimate of drug-likeness (QED) is 0.480. The number of aromatic nitrogens is 1. The molecule has 1 heterocycles. The molecule has 0 bridgehead atoms. The Bertz CT molecular complexity index is 630. The van der Waals surface area contributed by atoms with E-state index in [0.29, 0.717) is 0 Å². The van der Waals surface area contributed by atoms with Gasteiger partial charge in [0.25, 0.3) is 9.05 Å². The van der Waals surface area contributed by atoms with E-state index in [4.69, 9.17) is 10.7 Å². The Morgan fingerprint density at radius 2 is 2.00 bits per heavy atom. The largest absolute Gasteiger partial charge is 0.573 e. The molecule has 0 aromatic carbocycles. The first-order valence-electron chi connectivity index (χ1n) is 4.28. The monoisotopic (exact) mass is 320 g/mol. The first-order chi connectivity index (χ1) is 8.43. The van der Waals surface area contributed by atoms with Crippen LogP contribution in [0.2, 0.25) is 0 Å². The van der Waals surface area contributed by atoms with Crippen molar-refractivity contribution in [1.82, 2.24) is 4.98 Å². The molecule has 0 aliphatic rings. The van der Waals surface area contributed by atoms with Crippen LogP contribution in [-0.4, -0.2) is 24.7 Å². The summed E-state index contributed by atoms with van der Waals surface area (Å²) in [6.07, 6.45) is -4.92. The second-order valence-corrected chi connectivity index (χ2v) is 5.65.